The van der Waals surface area contributed by atoms with Crippen LogP contribution >= 0.6 is 0 Å². The maximum atomic E-state index is 4.24. The van der Waals surface area contributed by atoms with Gasteiger partial charge in [-0.15, -0.1) is 0 Å². The number of hydrogen-bond donors (Lipinski definition) is 2. The first kappa shape index (κ1) is 11.6. The molecule has 0 spiro atoms. The molecule has 5 nitrogen and oxygen atoms in total. The molecule has 2 aromatic heterocycles. The number of hydrazine groups is 1. The summed E-state index contributed by atoms with van der Waals surface area (Å²) < 4.78 is 0. The topological polar surface area (TPSA) is 62.7 Å². The van der Waals surface area contributed by atoms with Crippen LogP contribution in [0.2, 0.25) is 0 Å². The number of aromatic nitrogens is 3. The van der Waals surface area contributed by atoms with Crippen LogP contribution in [0.1, 0.15) is 5.56 Å². The van der Waals surface area contributed by atoms with Crippen molar-refractivity contribution in [3.8, 4) is 0 Å². The molecule has 2 heterocycles. The van der Waals surface area contributed by atoms with Gasteiger partial charge in [-0.2, -0.15) is 0 Å². The molecule has 0 bridgehead atoms. The van der Waals surface area contributed by atoms with E-state index in [2.05, 4.69) is 25.8 Å². The first-order chi connectivity index (χ1) is 9.43. The predicted molar refractivity (Wildman–Crippen MR) is 74.2 cm³/mol. The zero-order valence-electron chi connectivity index (χ0n) is 10.2. The number of benzene rings is 1. The molecule has 94 valence electrons. The predicted octanol–water partition coefficient (Wildman–Crippen LogP) is 2.14. The Balaban J connectivity index is 1.72. The molecular weight excluding hydrogens is 238 g/mol. The molecule has 0 aliphatic carbocycles. The van der Waals surface area contributed by atoms with E-state index in [9.17, 15) is 0 Å². The number of pyridine rings is 1. The molecule has 0 amide bonds. The van der Waals surface area contributed by atoms with Crippen molar-refractivity contribution in [2.24, 2.45) is 0 Å². The molecule has 5 heteroatoms. The number of nitrogens with zero attached hydrogens (tertiary/aromatic N) is 3. The summed E-state index contributed by atoms with van der Waals surface area (Å²) in [6.45, 7) is 0.673. The highest BCUT2D eigenvalue weighted by atomic mass is 15.4. The molecule has 0 aliphatic heterocycles. The van der Waals surface area contributed by atoms with E-state index in [1.165, 1.54) is 0 Å². The first-order valence-electron chi connectivity index (χ1n) is 6.01. The number of para-hydroxylation sites is 1. The molecule has 0 unspecified atom stereocenters. The zero-order valence-corrected chi connectivity index (χ0v) is 10.2. The molecular formula is C14H13N5. The molecule has 0 fully saturated rings. The quantitative estimate of drug-likeness (QED) is 0.696. The van der Waals surface area contributed by atoms with Crippen LogP contribution in [0.3, 0.4) is 0 Å². The second-order valence-electron chi connectivity index (χ2n) is 4.08. The lowest BCUT2D eigenvalue weighted by Crippen LogP contribution is -2.21. The number of nitrogens with one attached hydrogen (secondary N) is 2. The maximum absolute atomic E-state index is 4.24. The summed E-state index contributed by atoms with van der Waals surface area (Å²) in [5.74, 6) is 0.773. The minimum atomic E-state index is 0.673. The third kappa shape index (κ3) is 2.66. The first-order valence-corrected chi connectivity index (χ1v) is 6.01. The van der Waals surface area contributed by atoms with Gasteiger partial charge in [0, 0.05) is 24.3 Å². The molecule has 0 radical (unpaired) electrons. The molecule has 2 N–H and O–H groups in total. The van der Waals surface area contributed by atoms with Gasteiger partial charge in [0.15, 0.2) is 5.82 Å². The Hall–Kier alpha value is -2.53. The lowest BCUT2D eigenvalue weighted by atomic mass is 10.2. The normalized spacial score (nSPS) is 10.5. The van der Waals surface area contributed by atoms with E-state index in [4.69, 9.17) is 0 Å². The van der Waals surface area contributed by atoms with Gasteiger partial charge in [0.05, 0.1) is 5.52 Å². The molecule has 0 atom stereocenters. The van der Waals surface area contributed by atoms with Crippen molar-refractivity contribution in [1.29, 1.82) is 0 Å². The molecule has 0 aliphatic rings. The van der Waals surface area contributed by atoms with E-state index in [1.807, 2.05) is 42.6 Å². The molecule has 3 rings (SSSR count). The summed E-state index contributed by atoms with van der Waals surface area (Å²) in [5.41, 5.74) is 8.26. The Kier molecular flexibility index (Phi) is 3.29. The van der Waals surface area contributed by atoms with Crippen LogP contribution < -0.4 is 10.9 Å². The Morgan fingerprint density at radius 3 is 2.84 bits per heavy atom. The van der Waals surface area contributed by atoms with Crippen molar-refractivity contribution in [2.45, 2.75) is 6.54 Å². The smallest absolute Gasteiger partial charge is 0.151 e. The summed E-state index contributed by atoms with van der Waals surface area (Å²) in [5, 5.41) is 0.990. The van der Waals surface area contributed by atoms with Crippen LogP contribution in [0.4, 0.5) is 5.82 Å². The summed E-state index contributed by atoms with van der Waals surface area (Å²) in [4.78, 5) is 12.5. The van der Waals surface area contributed by atoms with E-state index in [0.717, 1.165) is 22.3 Å². The molecule has 3 aromatic rings. The van der Waals surface area contributed by atoms with Gasteiger partial charge in [-0.1, -0.05) is 18.2 Å². The Morgan fingerprint density at radius 1 is 1.00 bits per heavy atom. The molecule has 0 saturated heterocycles. The number of anilines is 1. The Labute approximate surface area is 110 Å². The van der Waals surface area contributed by atoms with Crippen molar-refractivity contribution < 1.29 is 0 Å². The van der Waals surface area contributed by atoms with Gasteiger partial charge >= 0.3 is 0 Å². The maximum Gasteiger partial charge on any atom is 0.151 e. The molecule has 0 saturated carbocycles. The zero-order chi connectivity index (χ0) is 12.9. The number of hydrogen-bond acceptors (Lipinski definition) is 5. The van der Waals surface area contributed by atoms with Crippen molar-refractivity contribution >= 4 is 16.7 Å². The van der Waals surface area contributed by atoms with E-state index in [1.54, 1.807) is 12.5 Å². The fourth-order valence-corrected chi connectivity index (χ4v) is 1.84. The van der Waals surface area contributed by atoms with Crippen molar-refractivity contribution in [3.05, 3.63) is 60.7 Å². The van der Waals surface area contributed by atoms with Crippen LogP contribution in [0.5, 0.6) is 0 Å². The Bertz CT molecular complexity index is 664. The van der Waals surface area contributed by atoms with Gasteiger partial charge in [0.1, 0.15) is 6.33 Å². The minimum Gasteiger partial charge on any atom is -0.305 e. The lowest BCUT2D eigenvalue weighted by molar-refractivity contribution is 0.792. The third-order valence-corrected chi connectivity index (χ3v) is 2.76. The second-order valence-corrected chi connectivity index (χ2v) is 4.08. The average molecular weight is 251 g/mol. The van der Waals surface area contributed by atoms with Gasteiger partial charge in [-0.25, -0.2) is 15.4 Å². The largest absolute Gasteiger partial charge is 0.305 e. The monoisotopic (exact) mass is 251 g/mol. The van der Waals surface area contributed by atoms with Crippen molar-refractivity contribution in [2.75, 3.05) is 5.43 Å². The van der Waals surface area contributed by atoms with Crippen LogP contribution in [-0.4, -0.2) is 15.0 Å². The van der Waals surface area contributed by atoms with Crippen LogP contribution in [0.25, 0.3) is 10.9 Å². The summed E-state index contributed by atoms with van der Waals surface area (Å²) in [6, 6.07) is 11.8. The lowest BCUT2D eigenvalue weighted by Gasteiger charge is -2.09. The van der Waals surface area contributed by atoms with E-state index >= 15 is 0 Å². The number of fused-ring (bicyclic) bond motifs is 1. The standard InChI is InChI=1S/C14H13N5/c1-2-6-13-12(5-1)14(17-10-16-13)19-18-9-11-4-3-7-15-8-11/h1-8,10,18H,9H2,(H,16,17,19). The van der Waals surface area contributed by atoms with E-state index < -0.39 is 0 Å². The van der Waals surface area contributed by atoms with Gasteiger partial charge in [0.2, 0.25) is 0 Å². The van der Waals surface area contributed by atoms with Gasteiger partial charge in [0.25, 0.3) is 0 Å². The highest BCUT2D eigenvalue weighted by Crippen LogP contribution is 2.17. The van der Waals surface area contributed by atoms with Crippen molar-refractivity contribution in [1.82, 2.24) is 20.4 Å². The van der Waals surface area contributed by atoms with E-state index in [0.29, 0.717) is 6.54 Å². The van der Waals surface area contributed by atoms with Crippen LogP contribution in [0.15, 0.2) is 55.1 Å². The SMILES string of the molecule is c1cncc(CNNc2ncnc3ccccc23)c1. The van der Waals surface area contributed by atoms with Gasteiger partial charge < -0.3 is 5.43 Å². The Morgan fingerprint density at radius 2 is 1.95 bits per heavy atom. The van der Waals surface area contributed by atoms with Crippen LogP contribution in [0, 0.1) is 0 Å². The number of rotatable bonds is 4. The third-order valence-electron chi connectivity index (χ3n) is 2.76. The average Bonchev–Trinajstić information content (AvgIpc) is 2.49. The highest BCUT2D eigenvalue weighted by molar-refractivity contribution is 5.88. The summed E-state index contributed by atoms with van der Waals surface area (Å²) >= 11 is 0. The second kappa shape index (κ2) is 5.41. The highest BCUT2D eigenvalue weighted by Gasteiger charge is 2.01. The van der Waals surface area contributed by atoms with Crippen molar-refractivity contribution in [3.63, 3.8) is 0 Å². The minimum absolute atomic E-state index is 0.673. The molecule has 1 aromatic carbocycles. The van der Waals surface area contributed by atoms with Crippen LogP contribution in [-0.2, 0) is 6.54 Å². The van der Waals surface area contributed by atoms with Gasteiger partial charge in [-0.05, 0) is 23.8 Å². The van der Waals surface area contributed by atoms with Gasteiger partial charge in [-0.3, -0.25) is 4.98 Å². The fourth-order valence-electron chi connectivity index (χ4n) is 1.84. The molecule has 19 heavy (non-hydrogen) atoms. The summed E-state index contributed by atoms with van der Waals surface area (Å²) in [6.07, 6.45) is 5.14. The van der Waals surface area contributed by atoms with E-state index in [-0.39, 0.29) is 0 Å². The fraction of sp³-hybridized carbons (Fsp3) is 0.0714. The summed E-state index contributed by atoms with van der Waals surface area (Å²) in [7, 11) is 0.